The van der Waals surface area contributed by atoms with Gasteiger partial charge in [-0.25, -0.2) is 4.79 Å². The van der Waals surface area contributed by atoms with Crippen molar-refractivity contribution in [3.05, 3.63) is 45.5 Å². The number of hydrogen-bond donors (Lipinski definition) is 1. The second kappa shape index (κ2) is 4.28. The van der Waals surface area contributed by atoms with E-state index in [1.54, 1.807) is 0 Å². The van der Waals surface area contributed by atoms with Gasteiger partial charge in [0.1, 0.15) is 12.4 Å². The van der Waals surface area contributed by atoms with Gasteiger partial charge in [0.25, 0.3) is 5.69 Å². The van der Waals surface area contributed by atoms with Crippen LogP contribution in [0.25, 0.3) is 0 Å². The van der Waals surface area contributed by atoms with Crippen LogP contribution in [0.3, 0.4) is 0 Å². The SMILES string of the molecule is O=C(O)/C=C1\COc2cc([N+](=O)[O-])ccc2C1=O. The summed E-state index contributed by atoms with van der Waals surface area (Å²) in [6, 6.07) is 3.57. The number of ketones is 1. The van der Waals surface area contributed by atoms with E-state index in [2.05, 4.69) is 0 Å². The number of carbonyl (C=O) groups is 2. The van der Waals surface area contributed by atoms with Gasteiger partial charge in [-0.3, -0.25) is 14.9 Å². The zero-order valence-electron chi connectivity index (χ0n) is 8.95. The Morgan fingerprint density at radius 1 is 1.50 bits per heavy atom. The van der Waals surface area contributed by atoms with E-state index in [1.165, 1.54) is 12.1 Å². The van der Waals surface area contributed by atoms with Crippen LogP contribution in [0.4, 0.5) is 5.69 Å². The van der Waals surface area contributed by atoms with E-state index in [0.29, 0.717) is 0 Å². The van der Waals surface area contributed by atoms with Crippen LogP contribution in [0.5, 0.6) is 5.75 Å². The van der Waals surface area contributed by atoms with Crippen molar-refractivity contribution in [2.75, 3.05) is 6.61 Å². The summed E-state index contributed by atoms with van der Waals surface area (Å²) < 4.78 is 5.14. The lowest BCUT2D eigenvalue weighted by molar-refractivity contribution is -0.384. The standard InChI is InChI=1S/C11H7NO6/c13-10(14)3-6-5-18-9-4-7(12(16)17)1-2-8(9)11(6)15/h1-4H,5H2,(H,13,14)/b6-3+. The van der Waals surface area contributed by atoms with Gasteiger partial charge in [-0.1, -0.05) is 0 Å². The Kier molecular flexibility index (Phi) is 2.80. The molecule has 1 aromatic rings. The highest BCUT2D eigenvalue weighted by atomic mass is 16.6. The number of Topliss-reactive ketones (excluding diaryl/α,β-unsaturated/α-hetero) is 1. The van der Waals surface area contributed by atoms with Crippen molar-refractivity contribution in [2.45, 2.75) is 0 Å². The van der Waals surface area contributed by atoms with Gasteiger partial charge in [0.2, 0.25) is 0 Å². The molecule has 7 heteroatoms. The molecule has 1 aliphatic heterocycles. The van der Waals surface area contributed by atoms with Crippen LogP contribution < -0.4 is 4.74 Å². The van der Waals surface area contributed by atoms with E-state index >= 15 is 0 Å². The van der Waals surface area contributed by atoms with E-state index in [9.17, 15) is 19.7 Å². The Labute approximate surface area is 100 Å². The van der Waals surface area contributed by atoms with Crippen LogP contribution in [0.2, 0.25) is 0 Å². The number of nitro benzene ring substituents is 1. The van der Waals surface area contributed by atoms with Crippen molar-refractivity contribution >= 4 is 17.4 Å². The molecule has 2 rings (SSSR count). The summed E-state index contributed by atoms with van der Waals surface area (Å²) in [5.41, 5.74) is -0.0598. The van der Waals surface area contributed by atoms with Gasteiger partial charge in [-0.2, -0.15) is 0 Å². The van der Waals surface area contributed by atoms with Gasteiger partial charge >= 0.3 is 5.97 Å². The number of aliphatic carboxylic acids is 1. The zero-order valence-corrected chi connectivity index (χ0v) is 8.95. The number of non-ortho nitro benzene ring substituents is 1. The third kappa shape index (κ3) is 2.05. The molecular formula is C11H7NO6. The number of ether oxygens (including phenoxy) is 1. The first-order valence-corrected chi connectivity index (χ1v) is 4.88. The number of nitrogens with zero attached hydrogens (tertiary/aromatic N) is 1. The Bertz CT molecular complexity index is 589. The van der Waals surface area contributed by atoms with Gasteiger partial charge in [0.15, 0.2) is 5.78 Å². The monoisotopic (exact) mass is 249 g/mol. The van der Waals surface area contributed by atoms with E-state index in [1.807, 2.05) is 0 Å². The van der Waals surface area contributed by atoms with E-state index in [-0.39, 0.29) is 29.2 Å². The summed E-state index contributed by atoms with van der Waals surface area (Å²) in [5, 5.41) is 19.1. The van der Waals surface area contributed by atoms with Gasteiger partial charge in [0.05, 0.1) is 16.6 Å². The quantitative estimate of drug-likeness (QED) is 0.479. The van der Waals surface area contributed by atoms with Crippen LogP contribution in [0.15, 0.2) is 29.8 Å². The first kappa shape index (κ1) is 11.8. The molecule has 0 saturated carbocycles. The maximum atomic E-state index is 11.9. The largest absolute Gasteiger partial charge is 0.488 e. The molecule has 0 amide bonds. The third-order valence-corrected chi connectivity index (χ3v) is 2.39. The molecule has 0 saturated heterocycles. The number of nitro groups is 1. The number of fused-ring (bicyclic) bond motifs is 1. The predicted molar refractivity (Wildman–Crippen MR) is 58.6 cm³/mol. The van der Waals surface area contributed by atoms with Crippen molar-refractivity contribution in [3.63, 3.8) is 0 Å². The number of benzene rings is 1. The van der Waals surface area contributed by atoms with E-state index in [4.69, 9.17) is 9.84 Å². The van der Waals surface area contributed by atoms with Crippen molar-refractivity contribution in [1.82, 2.24) is 0 Å². The molecule has 18 heavy (non-hydrogen) atoms. The molecule has 1 aliphatic rings. The van der Waals surface area contributed by atoms with Crippen LogP contribution in [-0.2, 0) is 4.79 Å². The van der Waals surface area contributed by atoms with Gasteiger partial charge < -0.3 is 9.84 Å². The van der Waals surface area contributed by atoms with Gasteiger partial charge in [0, 0.05) is 17.7 Å². The highest BCUT2D eigenvalue weighted by Crippen LogP contribution is 2.30. The maximum absolute atomic E-state index is 11.9. The molecule has 0 unspecified atom stereocenters. The van der Waals surface area contributed by atoms with Crippen molar-refractivity contribution in [3.8, 4) is 5.75 Å². The molecule has 0 aliphatic carbocycles. The molecule has 0 atom stereocenters. The van der Waals surface area contributed by atoms with Crippen molar-refractivity contribution in [1.29, 1.82) is 0 Å². The third-order valence-electron chi connectivity index (χ3n) is 2.39. The Morgan fingerprint density at radius 3 is 2.83 bits per heavy atom. The summed E-state index contributed by atoms with van der Waals surface area (Å²) in [6.07, 6.45) is 0.771. The molecule has 0 bridgehead atoms. The summed E-state index contributed by atoms with van der Waals surface area (Å²) in [4.78, 5) is 32.3. The van der Waals surface area contributed by atoms with Gasteiger partial charge in [-0.05, 0) is 6.07 Å². The van der Waals surface area contributed by atoms with Crippen molar-refractivity contribution in [2.24, 2.45) is 0 Å². The second-order valence-corrected chi connectivity index (χ2v) is 3.56. The Morgan fingerprint density at radius 2 is 2.22 bits per heavy atom. The second-order valence-electron chi connectivity index (χ2n) is 3.56. The molecular weight excluding hydrogens is 242 g/mol. The predicted octanol–water partition coefficient (Wildman–Crippen LogP) is 1.18. The molecule has 0 spiro atoms. The number of rotatable bonds is 2. The van der Waals surface area contributed by atoms with Gasteiger partial charge in [-0.15, -0.1) is 0 Å². The maximum Gasteiger partial charge on any atom is 0.328 e. The number of carboxylic acid groups (broad SMARTS) is 1. The molecule has 0 aromatic heterocycles. The minimum Gasteiger partial charge on any atom is -0.488 e. The molecule has 92 valence electrons. The zero-order chi connectivity index (χ0) is 13.3. The van der Waals surface area contributed by atoms with Crippen molar-refractivity contribution < 1.29 is 24.4 Å². The van der Waals surface area contributed by atoms with Crippen LogP contribution in [0.1, 0.15) is 10.4 Å². The first-order valence-electron chi connectivity index (χ1n) is 4.88. The minimum absolute atomic E-state index is 0.00357. The Balaban J connectivity index is 2.43. The average molecular weight is 249 g/mol. The first-order chi connectivity index (χ1) is 8.49. The lowest BCUT2D eigenvalue weighted by Gasteiger charge is -2.17. The fourth-order valence-electron chi connectivity index (χ4n) is 1.58. The summed E-state index contributed by atoms with van der Waals surface area (Å²) in [7, 11) is 0. The number of carbonyl (C=O) groups excluding carboxylic acids is 1. The lowest BCUT2D eigenvalue weighted by atomic mass is 10.00. The lowest BCUT2D eigenvalue weighted by Crippen LogP contribution is -2.20. The summed E-state index contributed by atoms with van der Waals surface area (Å²) in [5.74, 6) is -1.64. The molecule has 1 aromatic carbocycles. The van der Waals surface area contributed by atoms with E-state index in [0.717, 1.165) is 12.1 Å². The highest BCUT2D eigenvalue weighted by molar-refractivity contribution is 6.13. The fourth-order valence-corrected chi connectivity index (χ4v) is 1.58. The van der Waals surface area contributed by atoms with Crippen LogP contribution in [-0.4, -0.2) is 28.4 Å². The normalized spacial score (nSPS) is 16.0. The number of hydrogen-bond acceptors (Lipinski definition) is 5. The van der Waals surface area contributed by atoms with Crippen LogP contribution in [0, 0.1) is 10.1 Å². The fraction of sp³-hybridized carbons (Fsp3) is 0.0909. The molecule has 0 fully saturated rings. The van der Waals surface area contributed by atoms with Crippen LogP contribution >= 0.6 is 0 Å². The smallest absolute Gasteiger partial charge is 0.328 e. The molecule has 7 nitrogen and oxygen atoms in total. The Hall–Kier alpha value is -2.70. The average Bonchev–Trinajstić information content (AvgIpc) is 2.32. The highest BCUT2D eigenvalue weighted by Gasteiger charge is 2.25. The summed E-state index contributed by atoms with van der Waals surface area (Å²) >= 11 is 0. The number of carboxylic acids is 1. The molecule has 0 radical (unpaired) electrons. The summed E-state index contributed by atoms with van der Waals surface area (Å²) in [6.45, 7) is -0.209. The molecule has 1 heterocycles. The van der Waals surface area contributed by atoms with E-state index < -0.39 is 16.7 Å². The topological polar surface area (TPSA) is 107 Å². The molecule has 1 N–H and O–H groups in total. The minimum atomic E-state index is -1.24.